The highest BCUT2D eigenvalue weighted by molar-refractivity contribution is 7.89. The molecule has 0 aliphatic heterocycles. The Morgan fingerprint density at radius 2 is 2.00 bits per heavy atom. The lowest BCUT2D eigenvalue weighted by Crippen LogP contribution is -2.29. The maximum absolute atomic E-state index is 13.5. The Balaban J connectivity index is 2.59. The SMILES string of the molecule is COC(=O)CCCS(=O)(=O)N(C)Cc1ccccc1F. The molecule has 20 heavy (non-hydrogen) atoms. The smallest absolute Gasteiger partial charge is 0.305 e. The second kappa shape index (κ2) is 7.35. The van der Waals surface area contributed by atoms with E-state index in [1.807, 2.05) is 0 Å². The number of carbonyl (C=O) groups excluding carboxylic acids is 1. The van der Waals surface area contributed by atoms with Crippen molar-refractivity contribution in [3.05, 3.63) is 35.6 Å². The van der Waals surface area contributed by atoms with E-state index in [1.165, 1.54) is 26.3 Å². The van der Waals surface area contributed by atoms with E-state index in [9.17, 15) is 17.6 Å². The second-order valence-electron chi connectivity index (χ2n) is 4.34. The predicted octanol–water partition coefficient (Wildman–Crippen LogP) is 1.54. The second-order valence-corrected chi connectivity index (χ2v) is 6.54. The highest BCUT2D eigenvalue weighted by Gasteiger charge is 2.19. The van der Waals surface area contributed by atoms with Gasteiger partial charge < -0.3 is 4.74 Å². The van der Waals surface area contributed by atoms with Gasteiger partial charge in [-0.1, -0.05) is 18.2 Å². The van der Waals surface area contributed by atoms with Crippen LogP contribution in [0.1, 0.15) is 18.4 Å². The third-order valence-electron chi connectivity index (χ3n) is 2.84. The van der Waals surface area contributed by atoms with Gasteiger partial charge in [-0.2, -0.15) is 0 Å². The van der Waals surface area contributed by atoms with Crippen LogP contribution in [-0.4, -0.2) is 38.6 Å². The van der Waals surface area contributed by atoms with E-state index in [1.54, 1.807) is 12.1 Å². The van der Waals surface area contributed by atoms with Gasteiger partial charge in [0.1, 0.15) is 5.82 Å². The maximum Gasteiger partial charge on any atom is 0.305 e. The quantitative estimate of drug-likeness (QED) is 0.717. The van der Waals surface area contributed by atoms with Crippen LogP contribution < -0.4 is 0 Å². The molecule has 1 rings (SSSR count). The molecule has 0 unspecified atom stereocenters. The van der Waals surface area contributed by atoms with E-state index >= 15 is 0 Å². The highest BCUT2D eigenvalue weighted by atomic mass is 32.2. The van der Waals surface area contributed by atoms with Crippen LogP contribution in [0.4, 0.5) is 4.39 Å². The molecule has 0 fully saturated rings. The molecule has 1 aromatic carbocycles. The molecule has 0 aliphatic carbocycles. The van der Waals surface area contributed by atoms with Gasteiger partial charge in [0.25, 0.3) is 0 Å². The van der Waals surface area contributed by atoms with Crippen LogP contribution in [0.25, 0.3) is 0 Å². The molecular weight excluding hydrogens is 285 g/mol. The van der Waals surface area contributed by atoms with Gasteiger partial charge in [-0.15, -0.1) is 0 Å². The number of carbonyl (C=O) groups is 1. The first-order valence-corrected chi connectivity index (χ1v) is 7.72. The summed E-state index contributed by atoms with van der Waals surface area (Å²) in [6.07, 6.45) is 0.222. The number of halogens is 1. The Hall–Kier alpha value is -1.47. The number of hydrogen-bond acceptors (Lipinski definition) is 4. The van der Waals surface area contributed by atoms with Gasteiger partial charge in [0.2, 0.25) is 10.0 Å². The number of rotatable bonds is 7. The van der Waals surface area contributed by atoms with E-state index < -0.39 is 21.8 Å². The van der Waals surface area contributed by atoms with Crippen molar-refractivity contribution in [1.29, 1.82) is 0 Å². The summed E-state index contributed by atoms with van der Waals surface area (Å²) in [5, 5.41) is 0. The van der Waals surface area contributed by atoms with E-state index in [0.717, 1.165) is 4.31 Å². The van der Waals surface area contributed by atoms with Gasteiger partial charge in [-0.3, -0.25) is 4.79 Å². The van der Waals surface area contributed by atoms with Crippen molar-refractivity contribution in [2.75, 3.05) is 19.9 Å². The molecule has 0 atom stereocenters. The van der Waals surface area contributed by atoms with Gasteiger partial charge in [0.05, 0.1) is 12.9 Å². The Bertz CT molecular complexity index is 559. The van der Waals surface area contributed by atoms with Crippen molar-refractivity contribution in [3.8, 4) is 0 Å². The Morgan fingerprint density at radius 1 is 1.35 bits per heavy atom. The number of benzene rings is 1. The first-order valence-electron chi connectivity index (χ1n) is 6.11. The van der Waals surface area contributed by atoms with Crippen molar-refractivity contribution in [1.82, 2.24) is 4.31 Å². The molecule has 0 bridgehead atoms. The van der Waals surface area contributed by atoms with Crippen LogP contribution >= 0.6 is 0 Å². The molecule has 0 aliphatic rings. The molecule has 7 heteroatoms. The first-order chi connectivity index (χ1) is 9.36. The minimum atomic E-state index is -3.52. The monoisotopic (exact) mass is 303 g/mol. The highest BCUT2D eigenvalue weighted by Crippen LogP contribution is 2.12. The average molecular weight is 303 g/mol. The molecule has 0 amide bonds. The van der Waals surface area contributed by atoms with Gasteiger partial charge in [0.15, 0.2) is 0 Å². The van der Waals surface area contributed by atoms with Crippen molar-refractivity contribution in [3.63, 3.8) is 0 Å². The molecule has 0 saturated heterocycles. The molecule has 0 radical (unpaired) electrons. The van der Waals surface area contributed by atoms with Crippen molar-refractivity contribution >= 4 is 16.0 Å². The Kier molecular flexibility index (Phi) is 6.09. The Labute approximate surface area is 118 Å². The molecule has 112 valence electrons. The number of nitrogens with zero attached hydrogens (tertiary/aromatic N) is 1. The number of hydrogen-bond donors (Lipinski definition) is 0. The van der Waals surface area contributed by atoms with Crippen LogP contribution in [0, 0.1) is 5.82 Å². The lowest BCUT2D eigenvalue weighted by Gasteiger charge is -2.17. The largest absolute Gasteiger partial charge is 0.469 e. The third-order valence-corrected chi connectivity index (χ3v) is 4.72. The molecule has 0 saturated carbocycles. The molecular formula is C13H18FNO4S. The van der Waals surface area contributed by atoms with E-state index in [-0.39, 0.29) is 25.1 Å². The minimum Gasteiger partial charge on any atom is -0.469 e. The van der Waals surface area contributed by atoms with E-state index in [0.29, 0.717) is 5.56 Å². The molecule has 1 aromatic rings. The first kappa shape index (κ1) is 16.6. The van der Waals surface area contributed by atoms with Crippen molar-refractivity contribution < 1.29 is 22.3 Å². The zero-order valence-electron chi connectivity index (χ0n) is 11.5. The third kappa shape index (κ3) is 4.90. The summed E-state index contributed by atoms with van der Waals surface area (Å²) in [6, 6.07) is 6.02. The van der Waals surface area contributed by atoms with Crippen molar-refractivity contribution in [2.45, 2.75) is 19.4 Å². The van der Waals surface area contributed by atoms with E-state index in [2.05, 4.69) is 4.74 Å². The zero-order chi connectivity index (χ0) is 15.2. The molecule has 0 heterocycles. The van der Waals surface area contributed by atoms with Crippen LogP contribution in [0.3, 0.4) is 0 Å². The van der Waals surface area contributed by atoms with Crippen LogP contribution in [0.2, 0.25) is 0 Å². The van der Waals surface area contributed by atoms with Crippen LogP contribution in [0.5, 0.6) is 0 Å². The predicted molar refractivity (Wildman–Crippen MR) is 72.9 cm³/mol. The van der Waals surface area contributed by atoms with E-state index in [4.69, 9.17) is 0 Å². The number of esters is 1. The lowest BCUT2D eigenvalue weighted by atomic mass is 10.2. The Morgan fingerprint density at radius 3 is 2.60 bits per heavy atom. The average Bonchev–Trinajstić information content (AvgIpc) is 2.40. The van der Waals surface area contributed by atoms with Gasteiger partial charge in [0, 0.05) is 25.6 Å². The van der Waals surface area contributed by atoms with Crippen molar-refractivity contribution in [2.24, 2.45) is 0 Å². The number of sulfonamides is 1. The van der Waals surface area contributed by atoms with Crippen LogP contribution in [0.15, 0.2) is 24.3 Å². The molecule has 0 aromatic heterocycles. The summed E-state index contributed by atoms with van der Waals surface area (Å²) >= 11 is 0. The van der Waals surface area contributed by atoms with Gasteiger partial charge >= 0.3 is 5.97 Å². The standard InChI is InChI=1S/C13H18FNO4S/c1-15(10-11-6-3-4-7-12(11)14)20(17,18)9-5-8-13(16)19-2/h3-4,6-7H,5,8-10H2,1-2H3. The normalized spacial score (nSPS) is 11.6. The van der Waals surface area contributed by atoms with Gasteiger partial charge in [-0.05, 0) is 12.5 Å². The molecule has 5 nitrogen and oxygen atoms in total. The van der Waals surface area contributed by atoms with Crippen LogP contribution in [-0.2, 0) is 26.1 Å². The maximum atomic E-state index is 13.5. The lowest BCUT2D eigenvalue weighted by molar-refractivity contribution is -0.140. The fraction of sp³-hybridized carbons (Fsp3) is 0.462. The topological polar surface area (TPSA) is 63.7 Å². The molecule has 0 N–H and O–H groups in total. The number of ether oxygens (including phenoxy) is 1. The van der Waals surface area contributed by atoms with Gasteiger partial charge in [-0.25, -0.2) is 17.1 Å². The minimum absolute atomic E-state index is 0.0345. The summed E-state index contributed by atoms with van der Waals surface area (Å²) < 4.78 is 42.9. The fourth-order valence-corrected chi connectivity index (χ4v) is 2.78. The number of methoxy groups -OCH3 is 1. The molecule has 0 spiro atoms. The zero-order valence-corrected chi connectivity index (χ0v) is 12.3. The summed E-state index contributed by atoms with van der Waals surface area (Å²) in [4.78, 5) is 10.9. The summed E-state index contributed by atoms with van der Waals surface area (Å²) in [5.74, 6) is -1.06. The summed E-state index contributed by atoms with van der Waals surface area (Å²) in [6.45, 7) is -0.0345. The summed E-state index contributed by atoms with van der Waals surface area (Å²) in [7, 11) is -0.880. The fourth-order valence-electron chi connectivity index (χ4n) is 1.62. The summed E-state index contributed by atoms with van der Waals surface area (Å²) in [5.41, 5.74) is 0.312.